The summed E-state index contributed by atoms with van der Waals surface area (Å²) in [5.41, 5.74) is 2.25. The van der Waals surface area contributed by atoms with E-state index >= 15 is 0 Å². The summed E-state index contributed by atoms with van der Waals surface area (Å²) >= 11 is 0. The minimum atomic E-state index is -0.531. The highest BCUT2D eigenvalue weighted by atomic mass is 19.1. The topological polar surface area (TPSA) is 70.4 Å². The number of anilines is 1. The van der Waals surface area contributed by atoms with Gasteiger partial charge < -0.3 is 15.5 Å². The van der Waals surface area contributed by atoms with Crippen LogP contribution in [0.4, 0.5) is 14.5 Å². The van der Waals surface area contributed by atoms with Crippen LogP contribution in [0.5, 0.6) is 0 Å². The molecule has 0 bridgehead atoms. The number of benzene rings is 2. The first-order valence-electron chi connectivity index (χ1n) is 10.8. The van der Waals surface area contributed by atoms with E-state index in [9.17, 15) is 8.78 Å². The van der Waals surface area contributed by atoms with Gasteiger partial charge in [0.1, 0.15) is 30.0 Å². The molecule has 7 nitrogen and oxygen atoms in total. The fraction of sp³-hybridized carbons (Fsp3) is 0.348. The van der Waals surface area contributed by atoms with E-state index in [1.54, 1.807) is 15.9 Å². The van der Waals surface area contributed by atoms with Gasteiger partial charge in [0.2, 0.25) is 0 Å². The Hall–Kier alpha value is -3.49. The number of nitrogens with zero attached hydrogens (tertiary/aromatic N) is 5. The van der Waals surface area contributed by atoms with Crippen molar-refractivity contribution in [3.05, 3.63) is 77.9 Å². The second-order valence-corrected chi connectivity index (χ2v) is 7.75. The van der Waals surface area contributed by atoms with Gasteiger partial charge in [-0.15, -0.1) is 0 Å². The van der Waals surface area contributed by atoms with E-state index in [0.29, 0.717) is 32.1 Å². The molecule has 0 amide bonds. The number of hydrogen-bond donors (Lipinski definition) is 2. The quantitative estimate of drug-likeness (QED) is 0.438. The Balaban J connectivity index is 1.39. The Bertz CT molecular complexity index is 1030. The molecule has 1 saturated heterocycles. The molecule has 1 aliphatic heterocycles. The number of guanidine groups is 1. The zero-order chi connectivity index (χ0) is 22.3. The lowest BCUT2D eigenvalue weighted by atomic mass is 10.1. The summed E-state index contributed by atoms with van der Waals surface area (Å²) in [6.45, 7) is 4.98. The lowest BCUT2D eigenvalue weighted by molar-refractivity contribution is 0.576. The molecule has 1 atom stereocenters. The summed E-state index contributed by atoms with van der Waals surface area (Å²) in [6, 6.07) is 12.2. The lowest BCUT2D eigenvalue weighted by Crippen LogP contribution is -2.44. The van der Waals surface area contributed by atoms with Gasteiger partial charge in [-0.05, 0) is 36.6 Å². The summed E-state index contributed by atoms with van der Waals surface area (Å²) < 4.78 is 30.0. The fourth-order valence-corrected chi connectivity index (χ4v) is 3.88. The maximum Gasteiger partial charge on any atom is 0.191 e. The van der Waals surface area contributed by atoms with Gasteiger partial charge in [0.15, 0.2) is 5.96 Å². The number of rotatable bonds is 7. The molecule has 1 aliphatic rings. The van der Waals surface area contributed by atoms with Crippen molar-refractivity contribution < 1.29 is 8.78 Å². The molecule has 1 fully saturated rings. The number of hydrogen-bond acceptors (Lipinski definition) is 4. The highest BCUT2D eigenvalue weighted by Crippen LogP contribution is 2.26. The molecule has 2 N–H and O–H groups in total. The number of halogens is 2. The molecular formula is C23H27F2N7. The molecule has 3 aromatic rings. The van der Waals surface area contributed by atoms with Crippen LogP contribution in [0, 0.1) is 11.6 Å². The number of aliphatic imine (C=N–C) groups is 1. The van der Waals surface area contributed by atoms with Crippen LogP contribution in [0.25, 0.3) is 0 Å². The van der Waals surface area contributed by atoms with Gasteiger partial charge in [-0.2, -0.15) is 5.10 Å². The predicted octanol–water partition coefficient (Wildman–Crippen LogP) is 2.94. The summed E-state index contributed by atoms with van der Waals surface area (Å²) in [7, 11) is 0. The zero-order valence-corrected chi connectivity index (χ0v) is 18.0. The first-order valence-corrected chi connectivity index (χ1v) is 10.8. The average molecular weight is 440 g/mol. The normalized spacial score (nSPS) is 16.4. The number of para-hydroxylation sites is 1. The second-order valence-electron chi connectivity index (χ2n) is 7.75. The summed E-state index contributed by atoms with van der Waals surface area (Å²) in [6.07, 6.45) is 3.98. The highest BCUT2D eigenvalue weighted by Gasteiger charge is 2.27. The Morgan fingerprint density at radius 1 is 1.16 bits per heavy atom. The summed E-state index contributed by atoms with van der Waals surface area (Å²) in [5.74, 6) is -0.371. The molecule has 2 aromatic carbocycles. The Labute approximate surface area is 186 Å². The first-order chi connectivity index (χ1) is 15.6. The van der Waals surface area contributed by atoms with Crippen molar-refractivity contribution in [1.82, 2.24) is 25.4 Å². The van der Waals surface area contributed by atoms with Crippen LogP contribution in [0.2, 0.25) is 0 Å². The maximum absolute atomic E-state index is 14.1. The van der Waals surface area contributed by atoms with Crippen LogP contribution in [-0.4, -0.2) is 46.4 Å². The van der Waals surface area contributed by atoms with Gasteiger partial charge in [-0.25, -0.2) is 23.4 Å². The third kappa shape index (κ3) is 5.40. The molecule has 0 spiro atoms. The molecule has 1 aromatic heterocycles. The van der Waals surface area contributed by atoms with Gasteiger partial charge in [-0.3, -0.25) is 0 Å². The lowest BCUT2D eigenvalue weighted by Gasteiger charge is -2.21. The highest BCUT2D eigenvalue weighted by molar-refractivity contribution is 5.80. The molecule has 2 heterocycles. The third-order valence-corrected chi connectivity index (χ3v) is 5.35. The van der Waals surface area contributed by atoms with E-state index in [2.05, 4.69) is 26.8 Å². The minimum Gasteiger partial charge on any atom is -0.365 e. The van der Waals surface area contributed by atoms with Crippen LogP contribution >= 0.6 is 0 Å². The molecule has 0 saturated carbocycles. The largest absolute Gasteiger partial charge is 0.365 e. The van der Waals surface area contributed by atoms with E-state index in [-0.39, 0.29) is 11.7 Å². The molecule has 4 rings (SSSR count). The maximum atomic E-state index is 14.1. The predicted molar refractivity (Wildman–Crippen MR) is 120 cm³/mol. The van der Waals surface area contributed by atoms with Crippen molar-refractivity contribution in [3.63, 3.8) is 0 Å². The van der Waals surface area contributed by atoms with E-state index < -0.39 is 11.6 Å². The zero-order valence-electron chi connectivity index (χ0n) is 18.0. The van der Waals surface area contributed by atoms with E-state index in [1.807, 2.05) is 25.1 Å². The number of aromatic nitrogens is 3. The van der Waals surface area contributed by atoms with Crippen LogP contribution in [0.1, 0.15) is 24.5 Å². The van der Waals surface area contributed by atoms with Crippen LogP contribution in [0.15, 0.2) is 60.1 Å². The van der Waals surface area contributed by atoms with E-state index in [0.717, 1.165) is 24.1 Å². The Morgan fingerprint density at radius 3 is 2.69 bits per heavy atom. The van der Waals surface area contributed by atoms with Crippen molar-refractivity contribution in [2.24, 2.45) is 4.99 Å². The summed E-state index contributed by atoms with van der Waals surface area (Å²) in [5, 5.41) is 10.8. The SMILES string of the molecule is CCNC(=NCc1cccc(Cn2cncn2)c1)NC1CCN(c2c(F)cccc2F)C1. The van der Waals surface area contributed by atoms with Crippen LogP contribution in [0.3, 0.4) is 0 Å². The van der Waals surface area contributed by atoms with Crippen molar-refractivity contribution in [2.75, 3.05) is 24.5 Å². The molecule has 0 aliphatic carbocycles. The van der Waals surface area contributed by atoms with Crippen molar-refractivity contribution in [1.29, 1.82) is 0 Å². The standard InChI is InChI=1S/C23H27F2N7/c1-2-27-23(28-12-17-5-3-6-18(11-17)13-32-16-26-15-29-32)30-19-9-10-31(14-19)22-20(24)7-4-8-21(22)25/h3-8,11,15-16,19H,2,9-10,12-14H2,1H3,(H2,27,28,30). The molecule has 168 valence electrons. The minimum absolute atomic E-state index is 0.0444. The van der Waals surface area contributed by atoms with Gasteiger partial charge >= 0.3 is 0 Å². The monoisotopic (exact) mass is 439 g/mol. The van der Waals surface area contributed by atoms with Crippen molar-refractivity contribution in [3.8, 4) is 0 Å². The van der Waals surface area contributed by atoms with Crippen LogP contribution in [-0.2, 0) is 13.1 Å². The Morgan fingerprint density at radius 2 is 1.94 bits per heavy atom. The van der Waals surface area contributed by atoms with Gasteiger partial charge in [-0.1, -0.05) is 30.3 Å². The molecule has 9 heteroatoms. The third-order valence-electron chi connectivity index (χ3n) is 5.35. The molecule has 1 unspecified atom stereocenters. The fourth-order valence-electron chi connectivity index (χ4n) is 3.88. The van der Waals surface area contributed by atoms with Crippen molar-refractivity contribution in [2.45, 2.75) is 32.5 Å². The smallest absolute Gasteiger partial charge is 0.191 e. The second kappa shape index (κ2) is 10.2. The van der Waals surface area contributed by atoms with Gasteiger partial charge in [0, 0.05) is 25.7 Å². The Kier molecular flexibility index (Phi) is 6.94. The summed E-state index contributed by atoms with van der Waals surface area (Å²) in [4.78, 5) is 10.4. The molecule has 32 heavy (non-hydrogen) atoms. The number of nitrogens with one attached hydrogen (secondary N) is 2. The molecule has 0 radical (unpaired) electrons. The average Bonchev–Trinajstić information content (AvgIpc) is 3.45. The van der Waals surface area contributed by atoms with Crippen molar-refractivity contribution >= 4 is 11.6 Å². The molecular weight excluding hydrogens is 412 g/mol. The first kappa shape index (κ1) is 21.7. The van der Waals surface area contributed by atoms with E-state index in [4.69, 9.17) is 4.99 Å². The van der Waals surface area contributed by atoms with E-state index in [1.165, 1.54) is 24.5 Å². The van der Waals surface area contributed by atoms with Gasteiger partial charge in [0.05, 0.1) is 13.1 Å². The van der Waals surface area contributed by atoms with Crippen LogP contribution < -0.4 is 15.5 Å². The van der Waals surface area contributed by atoms with Gasteiger partial charge in [0.25, 0.3) is 0 Å².